The molecule has 0 bridgehead atoms. The Morgan fingerprint density at radius 1 is 1.40 bits per heavy atom. The van der Waals surface area contributed by atoms with E-state index in [1.807, 2.05) is 0 Å². The molecule has 15 heavy (non-hydrogen) atoms. The third kappa shape index (κ3) is 4.39. The van der Waals surface area contributed by atoms with Gasteiger partial charge in [0.15, 0.2) is 0 Å². The van der Waals surface area contributed by atoms with Gasteiger partial charge < -0.3 is 9.64 Å². The van der Waals surface area contributed by atoms with Gasteiger partial charge >= 0.3 is 0 Å². The molecule has 0 radical (unpaired) electrons. The first-order valence-corrected chi connectivity index (χ1v) is 5.84. The van der Waals surface area contributed by atoms with Crippen molar-refractivity contribution in [2.45, 2.75) is 32.6 Å². The summed E-state index contributed by atoms with van der Waals surface area (Å²) in [4.78, 5) is 13.7. The van der Waals surface area contributed by atoms with Crippen LogP contribution in [0.5, 0.6) is 0 Å². The monoisotopic (exact) mass is 233 g/mol. The Balaban J connectivity index is 2.44. The summed E-state index contributed by atoms with van der Waals surface area (Å²) >= 11 is 6.12. The van der Waals surface area contributed by atoms with Crippen molar-refractivity contribution in [3.8, 4) is 0 Å². The summed E-state index contributed by atoms with van der Waals surface area (Å²) in [5.41, 5.74) is 0.0916. The smallest absolute Gasteiger partial charge is 0.240 e. The summed E-state index contributed by atoms with van der Waals surface area (Å²) in [5, 5.41) is -0.400. The van der Waals surface area contributed by atoms with Crippen LogP contribution in [-0.4, -0.2) is 42.5 Å². The van der Waals surface area contributed by atoms with Crippen LogP contribution in [0.4, 0.5) is 0 Å². The van der Waals surface area contributed by atoms with E-state index in [-0.39, 0.29) is 11.3 Å². The fraction of sp³-hybridized carbons (Fsp3) is 0.909. The van der Waals surface area contributed by atoms with Crippen LogP contribution in [0.3, 0.4) is 0 Å². The molecule has 1 aliphatic rings. The molecule has 1 amide bonds. The highest BCUT2D eigenvalue weighted by molar-refractivity contribution is 6.30. The van der Waals surface area contributed by atoms with Crippen LogP contribution >= 0.6 is 11.6 Å². The third-order valence-corrected chi connectivity index (χ3v) is 2.72. The minimum Gasteiger partial charge on any atom is -0.378 e. The molecule has 88 valence electrons. The number of ether oxygens (including phenoxy) is 1. The van der Waals surface area contributed by atoms with E-state index in [0.29, 0.717) is 32.7 Å². The van der Waals surface area contributed by atoms with Gasteiger partial charge in [0.05, 0.1) is 13.2 Å². The molecule has 1 heterocycles. The molecule has 0 aromatic carbocycles. The quantitative estimate of drug-likeness (QED) is 0.682. The topological polar surface area (TPSA) is 29.5 Å². The van der Waals surface area contributed by atoms with Gasteiger partial charge in [0.1, 0.15) is 5.38 Å². The van der Waals surface area contributed by atoms with Crippen LogP contribution in [0, 0.1) is 5.41 Å². The van der Waals surface area contributed by atoms with Crippen LogP contribution in [-0.2, 0) is 9.53 Å². The molecule has 1 rings (SSSR count). The van der Waals surface area contributed by atoms with Gasteiger partial charge in [-0.2, -0.15) is 0 Å². The van der Waals surface area contributed by atoms with Crippen LogP contribution in [0.15, 0.2) is 0 Å². The molecule has 1 atom stereocenters. The Bertz CT molecular complexity index is 219. The van der Waals surface area contributed by atoms with Crippen LogP contribution in [0.25, 0.3) is 0 Å². The van der Waals surface area contributed by atoms with E-state index in [9.17, 15) is 4.79 Å². The van der Waals surface area contributed by atoms with Gasteiger partial charge in [-0.05, 0) is 11.8 Å². The van der Waals surface area contributed by atoms with Crippen molar-refractivity contribution in [1.82, 2.24) is 4.90 Å². The van der Waals surface area contributed by atoms with Gasteiger partial charge in [-0.15, -0.1) is 11.6 Å². The summed E-state index contributed by atoms with van der Waals surface area (Å²) < 4.78 is 5.19. The van der Waals surface area contributed by atoms with Crippen molar-refractivity contribution in [1.29, 1.82) is 0 Å². The van der Waals surface area contributed by atoms with Gasteiger partial charge in [0, 0.05) is 13.1 Å². The average molecular weight is 234 g/mol. The lowest BCUT2D eigenvalue weighted by Gasteiger charge is -2.30. The number of carbonyl (C=O) groups excluding carboxylic acids is 1. The molecule has 1 aliphatic heterocycles. The fourth-order valence-corrected chi connectivity index (χ4v) is 2.21. The van der Waals surface area contributed by atoms with Gasteiger partial charge in [-0.3, -0.25) is 4.79 Å². The number of morpholine rings is 1. The number of alkyl halides is 1. The highest BCUT2D eigenvalue weighted by atomic mass is 35.5. The molecule has 1 fully saturated rings. The zero-order valence-electron chi connectivity index (χ0n) is 9.75. The maximum absolute atomic E-state index is 11.9. The first-order valence-electron chi connectivity index (χ1n) is 5.41. The number of nitrogens with zero attached hydrogens (tertiary/aromatic N) is 1. The predicted octanol–water partition coefficient (Wildman–Crippen LogP) is 1.89. The van der Waals surface area contributed by atoms with Crippen molar-refractivity contribution in [2.24, 2.45) is 5.41 Å². The van der Waals surface area contributed by atoms with Crippen molar-refractivity contribution in [3.05, 3.63) is 0 Å². The van der Waals surface area contributed by atoms with Crippen molar-refractivity contribution in [3.63, 3.8) is 0 Å². The Morgan fingerprint density at radius 3 is 2.40 bits per heavy atom. The molecule has 0 saturated carbocycles. The lowest BCUT2D eigenvalue weighted by atomic mass is 9.90. The summed E-state index contributed by atoms with van der Waals surface area (Å²) in [6, 6.07) is 0. The maximum atomic E-state index is 11.9. The van der Waals surface area contributed by atoms with Crippen LogP contribution < -0.4 is 0 Å². The number of amides is 1. The molecule has 0 aromatic rings. The van der Waals surface area contributed by atoms with E-state index in [2.05, 4.69) is 20.8 Å². The van der Waals surface area contributed by atoms with E-state index in [4.69, 9.17) is 16.3 Å². The van der Waals surface area contributed by atoms with Crippen molar-refractivity contribution in [2.75, 3.05) is 26.3 Å². The Labute approximate surface area is 96.7 Å². The molecule has 0 N–H and O–H groups in total. The zero-order valence-corrected chi connectivity index (χ0v) is 10.5. The highest BCUT2D eigenvalue weighted by Crippen LogP contribution is 2.24. The van der Waals surface area contributed by atoms with Gasteiger partial charge in [-0.25, -0.2) is 0 Å². The standard InChI is InChI=1S/C11H20ClNO2/c1-11(2,3)8-9(12)10(14)13-4-6-15-7-5-13/h9H,4-8H2,1-3H3. The van der Waals surface area contributed by atoms with Gasteiger partial charge in [0.2, 0.25) is 5.91 Å². The summed E-state index contributed by atoms with van der Waals surface area (Å²) in [7, 11) is 0. The Kier molecular flexibility index (Phi) is 4.41. The van der Waals surface area contributed by atoms with E-state index >= 15 is 0 Å². The molecule has 1 saturated heterocycles. The number of hydrogen-bond donors (Lipinski definition) is 0. The van der Waals surface area contributed by atoms with Crippen molar-refractivity contribution < 1.29 is 9.53 Å². The molecule has 1 unspecified atom stereocenters. The highest BCUT2D eigenvalue weighted by Gasteiger charge is 2.27. The van der Waals surface area contributed by atoms with Crippen LogP contribution in [0.1, 0.15) is 27.2 Å². The molecule has 0 aliphatic carbocycles. The van der Waals surface area contributed by atoms with E-state index in [1.54, 1.807) is 4.90 Å². The third-order valence-electron chi connectivity index (χ3n) is 2.38. The molecule has 3 nitrogen and oxygen atoms in total. The maximum Gasteiger partial charge on any atom is 0.240 e. The van der Waals surface area contributed by atoms with Crippen LogP contribution in [0.2, 0.25) is 0 Å². The van der Waals surface area contributed by atoms with E-state index in [0.717, 1.165) is 0 Å². The predicted molar refractivity (Wildman–Crippen MR) is 61.1 cm³/mol. The lowest BCUT2D eigenvalue weighted by Crippen LogP contribution is -2.44. The summed E-state index contributed by atoms with van der Waals surface area (Å²) in [6.45, 7) is 8.88. The normalized spacial score (nSPS) is 20.1. The zero-order chi connectivity index (χ0) is 11.5. The molecule has 0 spiro atoms. The summed E-state index contributed by atoms with van der Waals surface area (Å²) in [5.74, 6) is 0.0508. The van der Waals surface area contributed by atoms with Gasteiger partial charge in [-0.1, -0.05) is 20.8 Å². The minimum absolute atomic E-state index is 0.0508. The molecular formula is C11H20ClNO2. The Hall–Kier alpha value is -0.280. The molecule has 4 heteroatoms. The second-order valence-corrected chi connectivity index (χ2v) is 5.70. The van der Waals surface area contributed by atoms with Gasteiger partial charge in [0.25, 0.3) is 0 Å². The van der Waals surface area contributed by atoms with E-state index < -0.39 is 5.38 Å². The first kappa shape index (κ1) is 12.8. The Morgan fingerprint density at radius 2 is 1.93 bits per heavy atom. The SMILES string of the molecule is CC(C)(C)CC(Cl)C(=O)N1CCOCC1. The fourth-order valence-electron chi connectivity index (χ4n) is 1.61. The molecular weight excluding hydrogens is 214 g/mol. The second kappa shape index (κ2) is 5.17. The number of carbonyl (C=O) groups is 1. The summed E-state index contributed by atoms with van der Waals surface area (Å²) in [6.07, 6.45) is 0.713. The number of rotatable bonds is 2. The first-order chi connectivity index (χ1) is 6.90. The second-order valence-electron chi connectivity index (χ2n) is 5.17. The molecule has 0 aromatic heterocycles. The average Bonchev–Trinajstić information content (AvgIpc) is 2.15. The minimum atomic E-state index is -0.400. The number of hydrogen-bond acceptors (Lipinski definition) is 2. The number of halogens is 1. The van der Waals surface area contributed by atoms with Crippen molar-refractivity contribution >= 4 is 17.5 Å². The van der Waals surface area contributed by atoms with E-state index in [1.165, 1.54) is 0 Å². The largest absolute Gasteiger partial charge is 0.378 e. The lowest BCUT2D eigenvalue weighted by molar-refractivity contribution is -0.135.